The zero-order valence-corrected chi connectivity index (χ0v) is 13.8. The van der Waals surface area contributed by atoms with Crippen molar-refractivity contribution in [1.82, 2.24) is 5.32 Å². The number of nitrogens with one attached hydrogen (secondary N) is 1. The van der Waals surface area contributed by atoms with E-state index >= 15 is 0 Å². The molecule has 118 valence electrons. The first-order valence-corrected chi connectivity index (χ1v) is 8.65. The van der Waals surface area contributed by atoms with Crippen LogP contribution in [0.15, 0.2) is 18.2 Å². The third-order valence-corrected chi connectivity index (χ3v) is 5.05. The van der Waals surface area contributed by atoms with E-state index in [9.17, 15) is 4.39 Å². The van der Waals surface area contributed by atoms with Crippen LogP contribution in [0.25, 0.3) is 0 Å². The highest BCUT2D eigenvalue weighted by Crippen LogP contribution is 2.39. The number of hydrogen-bond donors (Lipinski definition) is 1. The van der Waals surface area contributed by atoms with Crippen molar-refractivity contribution in [2.75, 3.05) is 6.54 Å². The number of aryl methyl sites for hydroxylation is 1. The Morgan fingerprint density at radius 1 is 1.19 bits per heavy atom. The van der Waals surface area contributed by atoms with E-state index in [1.54, 1.807) is 12.1 Å². The lowest BCUT2D eigenvalue weighted by Gasteiger charge is -2.35. The molecule has 0 radical (unpaired) electrons. The van der Waals surface area contributed by atoms with Crippen molar-refractivity contribution in [3.63, 3.8) is 0 Å². The molecule has 0 bridgehead atoms. The van der Waals surface area contributed by atoms with Crippen LogP contribution in [0.1, 0.15) is 69.5 Å². The lowest BCUT2D eigenvalue weighted by Crippen LogP contribution is -2.31. The molecule has 0 saturated heterocycles. The van der Waals surface area contributed by atoms with E-state index < -0.39 is 0 Å². The van der Waals surface area contributed by atoms with Gasteiger partial charge in [-0.15, -0.1) is 0 Å². The summed E-state index contributed by atoms with van der Waals surface area (Å²) in [7, 11) is 0. The van der Waals surface area contributed by atoms with Gasteiger partial charge in [0.15, 0.2) is 0 Å². The van der Waals surface area contributed by atoms with E-state index in [0.29, 0.717) is 12.0 Å². The maximum absolute atomic E-state index is 13.4. The van der Waals surface area contributed by atoms with Gasteiger partial charge >= 0.3 is 0 Å². The predicted molar refractivity (Wildman–Crippen MR) is 87.9 cm³/mol. The molecule has 1 unspecified atom stereocenters. The van der Waals surface area contributed by atoms with Crippen molar-refractivity contribution < 1.29 is 4.39 Å². The van der Waals surface area contributed by atoms with E-state index in [1.165, 1.54) is 44.1 Å². The minimum atomic E-state index is -0.127. The number of rotatable bonds is 6. The van der Waals surface area contributed by atoms with E-state index in [-0.39, 0.29) is 5.82 Å². The molecule has 2 heteroatoms. The summed E-state index contributed by atoms with van der Waals surface area (Å²) in [4.78, 5) is 0. The minimum absolute atomic E-state index is 0.127. The molecular weight excluding hydrogens is 261 g/mol. The number of hydrogen-bond acceptors (Lipinski definition) is 1. The van der Waals surface area contributed by atoms with Crippen molar-refractivity contribution in [3.05, 3.63) is 35.1 Å². The number of halogens is 1. The second-order valence-electron chi connectivity index (χ2n) is 6.61. The Hall–Kier alpha value is -0.890. The lowest BCUT2D eigenvalue weighted by atomic mass is 9.75. The van der Waals surface area contributed by atoms with Gasteiger partial charge in [0.2, 0.25) is 0 Å². The fourth-order valence-electron chi connectivity index (χ4n) is 3.96. The molecule has 1 aromatic rings. The summed E-state index contributed by atoms with van der Waals surface area (Å²) in [5.74, 6) is 1.50. The largest absolute Gasteiger partial charge is 0.310 e. The molecule has 1 aromatic carbocycles. The van der Waals surface area contributed by atoms with Crippen molar-refractivity contribution in [1.29, 1.82) is 0 Å². The fraction of sp³-hybridized carbons (Fsp3) is 0.684. The molecule has 0 aliphatic heterocycles. The fourth-order valence-corrected chi connectivity index (χ4v) is 3.96. The predicted octanol–water partition coefficient (Wildman–Crippen LogP) is 5.39. The smallest absolute Gasteiger partial charge is 0.123 e. The topological polar surface area (TPSA) is 12.0 Å². The van der Waals surface area contributed by atoms with Crippen molar-refractivity contribution in [3.8, 4) is 0 Å². The molecule has 0 aromatic heterocycles. The standard InChI is InChI=1S/C19H30FN/c1-4-6-15-7-9-16(10-8-15)19(21-5-2)18-12-11-17(20)13-14(18)3/h11-13,15-16,19,21H,4-10H2,1-3H3. The summed E-state index contributed by atoms with van der Waals surface area (Å²) in [6, 6.07) is 5.65. The van der Waals surface area contributed by atoms with Gasteiger partial charge in [0.1, 0.15) is 5.82 Å². The highest BCUT2D eigenvalue weighted by molar-refractivity contribution is 5.30. The molecule has 2 rings (SSSR count). The van der Waals surface area contributed by atoms with Crippen LogP contribution in [0.3, 0.4) is 0 Å². The summed E-state index contributed by atoms with van der Waals surface area (Å²) in [5.41, 5.74) is 2.37. The summed E-state index contributed by atoms with van der Waals surface area (Å²) in [5, 5.41) is 3.65. The molecule has 1 atom stereocenters. The van der Waals surface area contributed by atoms with E-state index in [1.807, 2.05) is 13.0 Å². The lowest BCUT2D eigenvalue weighted by molar-refractivity contribution is 0.215. The second-order valence-corrected chi connectivity index (χ2v) is 6.61. The normalized spacial score (nSPS) is 24.0. The van der Waals surface area contributed by atoms with Crippen LogP contribution in [0, 0.1) is 24.6 Å². The molecule has 0 spiro atoms. The minimum Gasteiger partial charge on any atom is -0.310 e. The molecule has 1 saturated carbocycles. The summed E-state index contributed by atoms with van der Waals surface area (Å²) in [6.45, 7) is 7.45. The summed E-state index contributed by atoms with van der Waals surface area (Å²) in [6.07, 6.45) is 8.02. The SMILES string of the molecule is CCCC1CCC(C(NCC)c2ccc(F)cc2C)CC1. The zero-order chi connectivity index (χ0) is 15.2. The molecule has 1 N–H and O–H groups in total. The summed E-state index contributed by atoms with van der Waals surface area (Å²) >= 11 is 0. The third-order valence-electron chi connectivity index (χ3n) is 5.05. The average Bonchev–Trinajstić information content (AvgIpc) is 2.47. The monoisotopic (exact) mass is 291 g/mol. The molecule has 1 fully saturated rings. The molecule has 1 nitrogen and oxygen atoms in total. The van der Waals surface area contributed by atoms with Gasteiger partial charge in [0.25, 0.3) is 0 Å². The van der Waals surface area contributed by atoms with Crippen LogP contribution in [0.2, 0.25) is 0 Å². The van der Waals surface area contributed by atoms with E-state index in [2.05, 4.69) is 19.2 Å². The van der Waals surface area contributed by atoms with Crippen molar-refractivity contribution in [2.24, 2.45) is 11.8 Å². The first kappa shape index (κ1) is 16.5. The molecule has 0 heterocycles. The van der Waals surface area contributed by atoms with Crippen LogP contribution < -0.4 is 5.32 Å². The van der Waals surface area contributed by atoms with Gasteiger partial charge in [0, 0.05) is 6.04 Å². The van der Waals surface area contributed by atoms with Crippen LogP contribution in [-0.2, 0) is 0 Å². The average molecular weight is 291 g/mol. The Morgan fingerprint density at radius 3 is 2.48 bits per heavy atom. The van der Waals surface area contributed by atoms with E-state index in [0.717, 1.165) is 18.0 Å². The van der Waals surface area contributed by atoms with E-state index in [4.69, 9.17) is 0 Å². The van der Waals surface area contributed by atoms with Crippen molar-refractivity contribution >= 4 is 0 Å². The Kier molecular flexibility index (Phi) is 6.22. The molecule has 0 amide bonds. The maximum Gasteiger partial charge on any atom is 0.123 e. The van der Waals surface area contributed by atoms with Crippen molar-refractivity contribution in [2.45, 2.75) is 65.3 Å². The molecule has 1 aliphatic carbocycles. The Balaban J connectivity index is 2.09. The van der Waals surface area contributed by atoms with Crippen LogP contribution in [0.4, 0.5) is 4.39 Å². The van der Waals surface area contributed by atoms with Crippen LogP contribution >= 0.6 is 0 Å². The molecular formula is C19H30FN. The van der Waals surface area contributed by atoms with Gasteiger partial charge in [-0.1, -0.05) is 45.6 Å². The Labute approximate surface area is 129 Å². The highest BCUT2D eigenvalue weighted by Gasteiger charge is 2.28. The Bertz CT molecular complexity index is 435. The first-order valence-electron chi connectivity index (χ1n) is 8.65. The van der Waals surface area contributed by atoms with Crippen LogP contribution in [-0.4, -0.2) is 6.54 Å². The maximum atomic E-state index is 13.4. The van der Waals surface area contributed by atoms with Crippen LogP contribution in [0.5, 0.6) is 0 Å². The zero-order valence-electron chi connectivity index (χ0n) is 13.8. The third kappa shape index (κ3) is 4.29. The summed E-state index contributed by atoms with van der Waals surface area (Å²) < 4.78 is 13.4. The van der Waals surface area contributed by atoms with Gasteiger partial charge in [-0.3, -0.25) is 0 Å². The highest BCUT2D eigenvalue weighted by atomic mass is 19.1. The Morgan fingerprint density at radius 2 is 1.90 bits per heavy atom. The second kappa shape index (κ2) is 7.93. The van der Waals surface area contributed by atoms with Gasteiger partial charge in [0.05, 0.1) is 0 Å². The molecule has 1 aliphatic rings. The molecule has 21 heavy (non-hydrogen) atoms. The van der Waals surface area contributed by atoms with Gasteiger partial charge in [-0.25, -0.2) is 4.39 Å². The van der Waals surface area contributed by atoms with Gasteiger partial charge in [-0.05, 0) is 61.4 Å². The first-order chi connectivity index (χ1) is 10.2. The van der Waals surface area contributed by atoms with Gasteiger partial charge in [-0.2, -0.15) is 0 Å². The number of benzene rings is 1. The quantitative estimate of drug-likeness (QED) is 0.741. The van der Waals surface area contributed by atoms with Gasteiger partial charge < -0.3 is 5.32 Å².